The molecule has 26 rings (SSSR count). The summed E-state index contributed by atoms with van der Waals surface area (Å²) < 4.78 is 9.31. The molecule has 26 aromatic rings. The van der Waals surface area contributed by atoms with Gasteiger partial charge in [-0.05, 0) is 132 Å². The lowest BCUT2D eigenvalue weighted by Gasteiger charge is -2.16. The molecule has 0 saturated carbocycles. The second kappa shape index (κ2) is 32.7. The van der Waals surface area contributed by atoms with Crippen molar-refractivity contribution in [1.82, 2.24) is 78.1 Å². The average molecular weight is 1740 g/mol. The summed E-state index contributed by atoms with van der Waals surface area (Å²) in [7, 11) is 0. The Balaban J connectivity index is 0.603. The van der Waals surface area contributed by atoms with Crippen LogP contribution in [0.3, 0.4) is 0 Å². The van der Waals surface area contributed by atoms with Gasteiger partial charge in [0.25, 0.3) is 0 Å². The van der Waals surface area contributed by atoms with Crippen molar-refractivity contribution in [3.05, 3.63) is 449 Å². The van der Waals surface area contributed by atoms with Crippen LogP contribution in [0.25, 0.3) is 258 Å². The molecule has 0 unspecified atom stereocenters. The predicted octanol–water partition coefficient (Wildman–Crippen LogP) is 28.5. The monoisotopic (exact) mass is 1740 g/mol. The van der Waals surface area contributed by atoms with Gasteiger partial charge in [-0.15, -0.1) is 0 Å². The van der Waals surface area contributed by atoms with E-state index in [2.05, 4.69) is 316 Å². The second-order valence-corrected chi connectivity index (χ2v) is 33.9. The normalized spacial score (nSPS) is 11.7. The molecular weight excluding hydrogens is 1670 g/mol. The maximum atomic E-state index is 5.61. The maximum absolute atomic E-state index is 5.61. The van der Waals surface area contributed by atoms with Crippen LogP contribution in [0.1, 0.15) is 0 Å². The molecule has 16 heteroatoms. The SMILES string of the molecule is c1ccc(-c2nc(-c3ccc(-n4c5ccccc5c5ccccc54)c(-c4nc(-c5ccccc5)nc(-c5ccccc5)n4)c3)nc(-c3ccc4c(c3)c3ccc(-c5ccc(-c6nc(-c7ccccc7)nc(-c7cc(-c8nc(-c9ccccc9)nc(-c9ccc%10c%11ccccc%11n(-c%11ccccc%11)c%10c9)n8)ccc7-n7c8ccccc8c8ccccc87)n6)cc5)cc3n4-c3ccccc3)n2)cc1. The standard InChI is InChI=1S/C120H74N16/c1-8-32-76(33-9-1)109-123-115(127-116(124-109)84-63-68-105(135-100-52-28-23-46-89(100)90-47-24-29-53-101(90)135)97(71-84)119-129-111(78-36-12-3-13-37-78)121-112(130-119)79-38-14-4-15-39-79)83-62-67-104-96(70-83)95-65-60-82(73-107(95)134(104)88-44-20-7-21-45-88)75-56-58-81(59-57-75)114-122-113(80-40-16-5-17-41-80)131-120(132-114)98-72-85(64-69-106(98)136-102-54-30-25-48-91(102)92-49-26-31-55-103(92)136)117-125-110(77-34-10-2-11-35-77)126-118(128-117)86-61-66-94-93-50-22-27-51-99(93)133(108(94)74-86)87-42-18-6-19-43-87/h1-74H. The van der Waals surface area contributed by atoms with E-state index in [-0.39, 0.29) is 0 Å². The number of hydrogen-bond donors (Lipinski definition) is 0. The van der Waals surface area contributed by atoms with Gasteiger partial charge in [0.2, 0.25) is 0 Å². The summed E-state index contributed by atoms with van der Waals surface area (Å²) in [5, 5.41) is 8.85. The van der Waals surface area contributed by atoms with Gasteiger partial charge in [-0.25, -0.2) is 59.8 Å². The van der Waals surface area contributed by atoms with Crippen LogP contribution in [0.4, 0.5) is 0 Å². The van der Waals surface area contributed by atoms with Crippen molar-refractivity contribution >= 4 is 87.2 Å². The number of para-hydroxylation sites is 7. The quantitative estimate of drug-likeness (QED) is 0.0845. The zero-order valence-electron chi connectivity index (χ0n) is 72.9. The molecule has 0 saturated heterocycles. The highest BCUT2D eigenvalue weighted by atomic mass is 15.1. The smallest absolute Gasteiger partial charge is 0.166 e. The zero-order chi connectivity index (χ0) is 89.7. The van der Waals surface area contributed by atoms with Gasteiger partial charge in [0.05, 0.1) is 55.5 Å². The van der Waals surface area contributed by atoms with E-state index in [1.54, 1.807) is 0 Å². The Kier molecular flexibility index (Phi) is 18.8. The highest BCUT2D eigenvalue weighted by Gasteiger charge is 2.28. The summed E-state index contributed by atoms with van der Waals surface area (Å²) >= 11 is 0. The largest absolute Gasteiger partial charge is 0.309 e. The molecule has 0 bridgehead atoms. The van der Waals surface area contributed by atoms with Crippen LogP contribution < -0.4 is 0 Å². The number of benzene rings is 18. The second-order valence-electron chi connectivity index (χ2n) is 33.9. The Hall–Kier alpha value is -18.8. The number of fused-ring (bicyclic) bond motifs is 12. The van der Waals surface area contributed by atoms with Gasteiger partial charge >= 0.3 is 0 Å². The first-order valence-electron chi connectivity index (χ1n) is 45.3. The molecule has 0 fully saturated rings. The molecule has 0 atom stereocenters. The number of aromatic nitrogens is 16. The number of nitrogens with zero attached hydrogens (tertiary/aromatic N) is 16. The number of hydrogen-bond acceptors (Lipinski definition) is 12. The Morgan fingerprint density at radius 3 is 0.676 bits per heavy atom. The van der Waals surface area contributed by atoms with Crippen LogP contribution in [0.5, 0.6) is 0 Å². The summed E-state index contributed by atoms with van der Waals surface area (Å²) in [5.41, 5.74) is 23.9. The van der Waals surface area contributed by atoms with Crippen molar-refractivity contribution in [3.8, 4) is 171 Å². The number of rotatable bonds is 17. The Labute approximate surface area is 779 Å². The van der Waals surface area contributed by atoms with Crippen molar-refractivity contribution in [2.45, 2.75) is 0 Å². The first kappa shape index (κ1) is 78.3. The summed E-state index contributed by atoms with van der Waals surface area (Å²) in [5.74, 6) is 6.10. The van der Waals surface area contributed by atoms with Crippen LogP contribution in [-0.4, -0.2) is 78.1 Å². The van der Waals surface area contributed by atoms with Gasteiger partial charge in [-0.2, -0.15) is 0 Å². The van der Waals surface area contributed by atoms with Gasteiger partial charge in [0, 0.05) is 121 Å². The fourth-order valence-electron chi connectivity index (χ4n) is 19.4. The summed E-state index contributed by atoms with van der Waals surface area (Å²) in [6, 6.07) is 156. The Morgan fingerprint density at radius 2 is 0.331 bits per heavy atom. The van der Waals surface area contributed by atoms with Crippen molar-refractivity contribution in [2.24, 2.45) is 0 Å². The van der Waals surface area contributed by atoms with Crippen molar-refractivity contribution < 1.29 is 0 Å². The van der Waals surface area contributed by atoms with Crippen molar-refractivity contribution in [1.29, 1.82) is 0 Å². The van der Waals surface area contributed by atoms with E-state index in [1.807, 2.05) is 152 Å². The predicted molar refractivity (Wildman–Crippen MR) is 548 cm³/mol. The van der Waals surface area contributed by atoms with Crippen LogP contribution in [-0.2, 0) is 0 Å². The minimum absolute atomic E-state index is 0.460. The fourth-order valence-corrected chi connectivity index (χ4v) is 19.4. The van der Waals surface area contributed by atoms with E-state index >= 15 is 0 Å². The third-order valence-corrected chi connectivity index (χ3v) is 25.8. The molecule has 0 aliphatic rings. The van der Waals surface area contributed by atoms with E-state index in [9.17, 15) is 0 Å². The maximum Gasteiger partial charge on any atom is 0.166 e. The molecule has 0 amide bonds. The lowest BCUT2D eigenvalue weighted by Crippen LogP contribution is -2.05. The zero-order valence-corrected chi connectivity index (χ0v) is 72.9. The Morgan fingerprint density at radius 1 is 0.118 bits per heavy atom. The van der Waals surface area contributed by atoms with Gasteiger partial charge in [-0.3, -0.25) is 0 Å². The molecule has 8 aromatic heterocycles. The molecule has 634 valence electrons. The lowest BCUT2D eigenvalue weighted by atomic mass is 10.0. The average Bonchev–Trinajstić information content (AvgIpc) is 1.58. The van der Waals surface area contributed by atoms with E-state index in [1.165, 1.54) is 0 Å². The van der Waals surface area contributed by atoms with Gasteiger partial charge in [0.1, 0.15) is 0 Å². The molecule has 0 radical (unpaired) electrons. The third-order valence-electron chi connectivity index (χ3n) is 25.8. The minimum atomic E-state index is 0.460. The summed E-state index contributed by atoms with van der Waals surface area (Å²) in [6.45, 7) is 0. The fraction of sp³-hybridized carbons (Fsp3) is 0. The van der Waals surface area contributed by atoms with Crippen LogP contribution in [0, 0.1) is 0 Å². The molecule has 136 heavy (non-hydrogen) atoms. The molecule has 0 N–H and O–H groups in total. The molecule has 0 spiro atoms. The van der Waals surface area contributed by atoms with E-state index in [4.69, 9.17) is 59.8 Å². The van der Waals surface area contributed by atoms with Crippen molar-refractivity contribution in [2.75, 3.05) is 0 Å². The molecule has 16 nitrogen and oxygen atoms in total. The molecule has 0 aliphatic heterocycles. The lowest BCUT2D eigenvalue weighted by molar-refractivity contribution is 1.06. The molecular formula is C120H74N16. The topological polar surface area (TPSA) is 174 Å². The van der Waals surface area contributed by atoms with Crippen LogP contribution in [0.2, 0.25) is 0 Å². The highest BCUT2D eigenvalue weighted by molar-refractivity contribution is 6.14. The first-order valence-corrected chi connectivity index (χ1v) is 45.3. The molecule has 0 aliphatic carbocycles. The minimum Gasteiger partial charge on any atom is -0.309 e. The van der Waals surface area contributed by atoms with Gasteiger partial charge in [0.15, 0.2) is 69.9 Å². The van der Waals surface area contributed by atoms with E-state index in [0.29, 0.717) is 69.9 Å². The van der Waals surface area contributed by atoms with Crippen LogP contribution >= 0.6 is 0 Å². The van der Waals surface area contributed by atoms with Gasteiger partial charge < -0.3 is 18.3 Å². The first-order chi connectivity index (χ1) is 67.4. The third kappa shape index (κ3) is 13.7. The van der Waals surface area contributed by atoms with E-state index in [0.717, 1.165) is 188 Å². The van der Waals surface area contributed by atoms with E-state index < -0.39 is 0 Å². The molecule has 8 heterocycles. The molecule has 18 aromatic carbocycles. The van der Waals surface area contributed by atoms with Crippen LogP contribution in [0.15, 0.2) is 449 Å². The Bertz CT molecular complexity index is 9040. The highest BCUT2D eigenvalue weighted by Crippen LogP contribution is 2.45. The van der Waals surface area contributed by atoms with Gasteiger partial charge in [-0.1, -0.05) is 328 Å². The summed E-state index contributed by atoms with van der Waals surface area (Å²) in [6.07, 6.45) is 0. The summed E-state index contributed by atoms with van der Waals surface area (Å²) in [4.78, 5) is 64.9. The van der Waals surface area contributed by atoms with Crippen molar-refractivity contribution in [3.63, 3.8) is 0 Å².